The summed E-state index contributed by atoms with van der Waals surface area (Å²) in [6.45, 7) is 6.82. The summed E-state index contributed by atoms with van der Waals surface area (Å²) in [5.74, 6) is 0.145. The molecule has 0 bridgehead atoms. The Morgan fingerprint density at radius 2 is 1.77 bits per heavy atom. The lowest BCUT2D eigenvalue weighted by Crippen LogP contribution is -2.52. The molecule has 1 atom stereocenters. The highest BCUT2D eigenvalue weighted by molar-refractivity contribution is 5.95. The number of urea groups is 1. The van der Waals surface area contributed by atoms with Gasteiger partial charge in [0.05, 0.1) is 38.5 Å². The highest BCUT2D eigenvalue weighted by Gasteiger charge is 2.35. The van der Waals surface area contributed by atoms with E-state index in [0.29, 0.717) is 68.5 Å². The van der Waals surface area contributed by atoms with E-state index in [-0.39, 0.29) is 12.7 Å². The van der Waals surface area contributed by atoms with Crippen LogP contribution in [-0.2, 0) is 25.6 Å². The Labute approximate surface area is 205 Å². The number of esters is 1. The van der Waals surface area contributed by atoms with Crippen molar-refractivity contribution >= 4 is 18.1 Å². The average molecular weight is 491 g/mol. The minimum absolute atomic E-state index is 0.200. The molecule has 2 aliphatic rings. The highest BCUT2D eigenvalue weighted by Crippen LogP contribution is 2.31. The zero-order valence-corrected chi connectivity index (χ0v) is 20.7. The largest absolute Gasteiger partial charge is 0.496 e. The fraction of sp³-hybridized carbons (Fsp3) is 0.542. The van der Waals surface area contributed by atoms with Gasteiger partial charge in [-0.2, -0.15) is 0 Å². The Morgan fingerprint density at radius 1 is 1.06 bits per heavy atom. The molecule has 0 aliphatic carbocycles. The number of nitrogens with zero attached hydrogens (tertiary/aromatic N) is 2. The van der Waals surface area contributed by atoms with E-state index < -0.39 is 18.0 Å². The van der Waals surface area contributed by atoms with Gasteiger partial charge >= 0.3 is 18.1 Å². The Kier molecular flexibility index (Phi) is 9.32. The molecule has 3 amide bonds. The summed E-state index contributed by atoms with van der Waals surface area (Å²) in [7, 11) is 3.16. The Morgan fingerprint density at radius 3 is 2.40 bits per heavy atom. The van der Waals surface area contributed by atoms with Crippen molar-refractivity contribution in [2.75, 3.05) is 60.2 Å². The summed E-state index contributed by atoms with van der Waals surface area (Å²) in [6.07, 6.45) is -0.333. The maximum Gasteiger partial charge on any atom is 0.409 e. The normalized spacial score (nSPS) is 18.6. The molecule has 3 rings (SSSR count). The van der Waals surface area contributed by atoms with Gasteiger partial charge in [-0.15, -0.1) is 0 Å². The van der Waals surface area contributed by atoms with E-state index in [0.717, 1.165) is 5.56 Å². The predicted molar refractivity (Wildman–Crippen MR) is 127 cm³/mol. The molecular formula is C24H34N4O7. The summed E-state index contributed by atoms with van der Waals surface area (Å²) in [4.78, 5) is 41.4. The molecule has 1 aromatic carbocycles. The number of hydrogen-bond acceptors (Lipinski definition) is 8. The van der Waals surface area contributed by atoms with Crippen LogP contribution in [0, 0.1) is 0 Å². The summed E-state index contributed by atoms with van der Waals surface area (Å²) < 4.78 is 21.1. The van der Waals surface area contributed by atoms with Crippen molar-refractivity contribution < 1.29 is 33.3 Å². The number of ether oxygens (including phenoxy) is 4. The molecule has 1 aromatic rings. The number of carbonyl (C=O) groups excluding carboxylic acids is 3. The first-order chi connectivity index (χ1) is 16.9. The molecule has 1 saturated heterocycles. The smallest absolute Gasteiger partial charge is 0.409 e. The lowest BCUT2D eigenvalue weighted by Gasteiger charge is -2.36. The van der Waals surface area contributed by atoms with Gasteiger partial charge in [0.15, 0.2) is 0 Å². The fourth-order valence-corrected chi connectivity index (χ4v) is 4.22. The minimum Gasteiger partial charge on any atom is -0.496 e. The van der Waals surface area contributed by atoms with Gasteiger partial charge in [-0.3, -0.25) is 4.90 Å². The van der Waals surface area contributed by atoms with Crippen molar-refractivity contribution in [2.24, 2.45) is 0 Å². The van der Waals surface area contributed by atoms with Gasteiger partial charge in [0, 0.05) is 51.1 Å². The molecular weight excluding hydrogens is 456 g/mol. The van der Waals surface area contributed by atoms with E-state index in [1.807, 2.05) is 12.1 Å². The van der Waals surface area contributed by atoms with Crippen LogP contribution < -0.4 is 15.4 Å². The van der Waals surface area contributed by atoms with Crippen molar-refractivity contribution in [2.45, 2.75) is 26.5 Å². The predicted octanol–water partition coefficient (Wildman–Crippen LogP) is 1.79. The molecule has 11 nitrogen and oxygen atoms in total. The summed E-state index contributed by atoms with van der Waals surface area (Å²) in [5.41, 5.74) is 2.32. The van der Waals surface area contributed by atoms with E-state index >= 15 is 0 Å². The lowest BCUT2D eigenvalue weighted by molar-refractivity contribution is -0.139. The maximum atomic E-state index is 13.1. The third-order valence-electron chi connectivity index (χ3n) is 5.87. The maximum absolute atomic E-state index is 13.1. The van der Waals surface area contributed by atoms with Crippen LogP contribution in [0.25, 0.3) is 0 Å². The second-order valence-corrected chi connectivity index (χ2v) is 8.11. The first-order valence-corrected chi connectivity index (χ1v) is 11.7. The summed E-state index contributed by atoms with van der Waals surface area (Å²) in [5, 5.41) is 5.66. The number of carbonyl (C=O) groups is 3. The van der Waals surface area contributed by atoms with Crippen LogP contribution in [0.1, 0.15) is 31.0 Å². The summed E-state index contributed by atoms with van der Waals surface area (Å²) >= 11 is 0. The van der Waals surface area contributed by atoms with Gasteiger partial charge in [-0.1, -0.05) is 6.07 Å². The molecule has 0 radical (unpaired) electrons. The zero-order valence-electron chi connectivity index (χ0n) is 20.7. The Bertz CT molecular complexity index is 957. The van der Waals surface area contributed by atoms with Crippen molar-refractivity contribution in [1.82, 2.24) is 20.4 Å². The molecule has 11 heteroatoms. The number of amides is 3. The lowest BCUT2D eigenvalue weighted by atomic mass is 9.93. The Balaban J connectivity index is 1.89. The molecule has 35 heavy (non-hydrogen) atoms. The van der Waals surface area contributed by atoms with Crippen LogP contribution in [0.15, 0.2) is 29.5 Å². The van der Waals surface area contributed by atoms with Gasteiger partial charge in [0.2, 0.25) is 0 Å². The number of piperazine rings is 1. The van der Waals surface area contributed by atoms with Gasteiger partial charge in [-0.05, 0) is 31.5 Å². The number of rotatable bonds is 9. The van der Waals surface area contributed by atoms with Crippen molar-refractivity contribution in [3.05, 3.63) is 40.6 Å². The minimum atomic E-state index is -0.708. The van der Waals surface area contributed by atoms with E-state index in [1.165, 1.54) is 0 Å². The fourth-order valence-electron chi connectivity index (χ4n) is 4.22. The molecule has 2 aliphatic heterocycles. The van der Waals surface area contributed by atoms with Crippen molar-refractivity contribution in [3.8, 4) is 5.75 Å². The monoisotopic (exact) mass is 490 g/mol. The van der Waals surface area contributed by atoms with Gasteiger partial charge < -0.3 is 34.5 Å². The third-order valence-corrected chi connectivity index (χ3v) is 5.87. The molecule has 2 heterocycles. The zero-order chi connectivity index (χ0) is 25.4. The number of nitrogens with one attached hydrogen (secondary N) is 2. The van der Waals surface area contributed by atoms with Crippen LogP contribution in [0.3, 0.4) is 0 Å². The highest BCUT2D eigenvalue weighted by atomic mass is 16.6. The molecule has 1 fully saturated rings. The van der Waals surface area contributed by atoms with Gasteiger partial charge in [0.1, 0.15) is 5.75 Å². The second kappa shape index (κ2) is 12.4. The SMILES string of the molecule is CCOC(=O)C1=C(CN2CCN(C(=O)OCC)CC2)NC(=O)N[C@@H]1c1ccc(OC)c(COC)c1. The van der Waals surface area contributed by atoms with E-state index in [2.05, 4.69) is 15.5 Å². The van der Waals surface area contributed by atoms with Gasteiger partial charge in [-0.25, -0.2) is 14.4 Å². The molecule has 0 spiro atoms. The topological polar surface area (TPSA) is 119 Å². The van der Waals surface area contributed by atoms with Gasteiger partial charge in [0.25, 0.3) is 0 Å². The van der Waals surface area contributed by atoms with Crippen LogP contribution in [-0.4, -0.2) is 88.1 Å². The second-order valence-electron chi connectivity index (χ2n) is 8.11. The molecule has 0 aromatic heterocycles. The number of methoxy groups -OCH3 is 2. The number of benzene rings is 1. The van der Waals surface area contributed by atoms with Crippen LogP contribution in [0.2, 0.25) is 0 Å². The standard InChI is InChI=1S/C24H34N4O7/c1-5-34-22(29)20-18(14-27-9-11-28(12-10-27)24(31)35-6-2)25-23(30)26-21(20)16-7-8-19(33-4)17(13-16)15-32-3/h7-8,13,21H,5-6,9-12,14-15H2,1-4H3,(H2,25,26,30)/t21-/m1/s1. The van der Waals surface area contributed by atoms with E-state index in [1.54, 1.807) is 39.0 Å². The van der Waals surface area contributed by atoms with Crippen LogP contribution in [0.5, 0.6) is 5.75 Å². The third kappa shape index (κ3) is 6.43. The van der Waals surface area contributed by atoms with E-state index in [9.17, 15) is 14.4 Å². The average Bonchev–Trinajstić information content (AvgIpc) is 2.84. The molecule has 2 N–H and O–H groups in total. The molecule has 192 valence electrons. The summed E-state index contributed by atoms with van der Waals surface area (Å²) in [6, 6.07) is 4.33. The first kappa shape index (κ1) is 26.3. The quantitative estimate of drug-likeness (QED) is 0.503. The van der Waals surface area contributed by atoms with E-state index in [4.69, 9.17) is 18.9 Å². The molecule has 0 saturated carbocycles. The number of hydrogen-bond donors (Lipinski definition) is 2. The first-order valence-electron chi connectivity index (χ1n) is 11.7. The Hall–Kier alpha value is -3.31. The van der Waals surface area contributed by atoms with Crippen LogP contribution in [0.4, 0.5) is 9.59 Å². The van der Waals surface area contributed by atoms with Crippen molar-refractivity contribution in [3.63, 3.8) is 0 Å². The molecule has 0 unspecified atom stereocenters. The van der Waals surface area contributed by atoms with Crippen LogP contribution >= 0.6 is 0 Å². The van der Waals surface area contributed by atoms with Crippen molar-refractivity contribution in [1.29, 1.82) is 0 Å².